The summed E-state index contributed by atoms with van der Waals surface area (Å²) in [5, 5.41) is 0. The van der Waals surface area contributed by atoms with Crippen LogP contribution in [0.5, 0.6) is 0 Å². The first-order valence-electron chi connectivity index (χ1n) is 27.4. The molecule has 0 fully saturated rings. The molecule has 0 rings (SSSR count). The zero-order chi connectivity index (χ0) is 48.6. The third-order valence-corrected chi connectivity index (χ3v) is 11.3. The largest absolute Gasteiger partial charge is 0.462 e. The number of esters is 3. The standard InChI is InChI=1S/C61H100O6/c1-4-7-10-13-16-19-22-25-27-28-29-30-31-32-34-36-39-42-45-48-51-54-60(63)66-57-58(56-65-59(62)53-50-47-44-41-38-35-24-21-18-15-12-9-6-3)67-61(64)55-52-49-46-43-40-37-33-26-23-20-17-14-11-8-5-2/h7,9-10,12,16,18-19,21,25,27,29-30,32,34-35,38-39,42,58H,4-6,8,11,13-15,17,20,22-24,26,28,31,33,36-37,40-41,43-57H2,1-3H3/b10-7-,12-9-,19-16-,21-18-,27-25-,30-29-,34-32-,38-35-,42-39-. The quantitative estimate of drug-likeness (QED) is 0.0262. The van der Waals surface area contributed by atoms with Gasteiger partial charge in [-0.05, 0) is 103 Å². The number of rotatable bonds is 48. The molecule has 0 heterocycles. The first-order chi connectivity index (χ1) is 33.0. The molecule has 6 nitrogen and oxygen atoms in total. The second kappa shape index (κ2) is 54.7. The molecule has 1 atom stereocenters. The van der Waals surface area contributed by atoms with Crippen LogP contribution in [0, 0.1) is 0 Å². The van der Waals surface area contributed by atoms with Crippen LogP contribution in [0.2, 0.25) is 0 Å². The predicted molar refractivity (Wildman–Crippen MR) is 288 cm³/mol. The number of hydrogen-bond donors (Lipinski definition) is 0. The molecule has 0 saturated heterocycles. The summed E-state index contributed by atoms with van der Waals surface area (Å²) in [5.74, 6) is -0.978. The fourth-order valence-corrected chi connectivity index (χ4v) is 7.22. The van der Waals surface area contributed by atoms with E-state index in [9.17, 15) is 14.4 Å². The maximum Gasteiger partial charge on any atom is 0.306 e. The van der Waals surface area contributed by atoms with Gasteiger partial charge in [0.25, 0.3) is 0 Å². The molecule has 0 aliphatic heterocycles. The molecule has 0 N–H and O–H groups in total. The van der Waals surface area contributed by atoms with Gasteiger partial charge in [-0.1, -0.05) is 226 Å². The van der Waals surface area contributed by atoms with E-state index in [4.69, 9.17) is 14.2 Å². The number of ether oxygens (including phenoxy) is 3. The molecule has 0 aliphatic carbocycles. The average Bonchev–Trinajstić information content (AvgIpc) is 3.33. The van der Waals surface area contributed by atoms with E-state index in [0.717, 1.165) is 116 Å². The van der Waals surface area contributed by atoms with E-state index < -0.39 is 6.10 Å². The smallest absolute Gasteiger partial charge is 0.306 e. The van der Waals surface area contributed by atoms with Gasteiger partial charge in [0.1, 0.15) is 13.2 Å². The molecule has 380 valence electrons. The second-order valence-electron chi connectivity index (χ2n) is 17.7. The van der Waals surface area contributed by atoms with Crippen molar-refractivity contribution in [3.63, 3.8) is 0 Å². The van der Waals surface area contributed by atoms with Gasteiger partial charge in [0.15, 0.2) is 6.10 Å². The summed E-state index contributed by atoms with van der Waals surface area (Å²) >= 11 is 0. The molecule has 1 unspecified atom stereocenters. The summed E-state index contributed by atoms with van der Waals surface area (Å²) in [4.78, 5) is 38.1. The Hall–Kier alpha value is -3.93. The molecule has 0 saturated carbocycles. The Labute approximate surface area is 412 Å². The molecular formula is C61H100O6. The first kappa shape index (κ1) is 63.1. The Morgan fingerprint density at radius 2 is 0.582 bits per heavy atom. The first-order valence-corrected chi connectivity index (χ1v) is 27.4. The molecule has 67 heavy (non-hydrogen) atoms. The Balaban J connectivity index is 4.48. The van der Waals surface area contributed by atoms with Crippen molar-refractivity contribution in [2.75, 3.05) is 13.2 Å². The van der Waals surface area contributed by atoms with Crippen LogP contribution in [0.4, 0.5) is 0 Å². The van der Waals surface area contributed by atoms with E-state index in [-0.39, 0.29) is 31.1 Å². The third-order valence-electron chi connectivity index (χ3n) is 11.3. The minimum absolute atomic E-state index is 0.107. The second-order valence-corrected chi connectivity index (χ2v) is 17.7. The molecule has 0 aliphatic rings. The van der Waals surface area contributed by atoms with Crippen molar-refractivity contribution in [1.82, 2.24) is 0 Å². The Morgan fingerprint density at radius 3 is 0.940 bits per heavy atom. The van der Waals surface area contributed by atoms with Crippen LogP contribution in [0.15, 0.2) is 109 Å². The van der Waals surface area contributed by atoms with Gasteiger partial charge >= 0.3 is 17.9 Å². The van der Waals surface area contributed by atoms with Crippen LogP contribution >= 0.6 is 0 Å². The van der Waals surface area contributed by atoms with E-state index in [1.807, 2.05) is 0 Å². The van der Waals surface area contributed by atoms with Gasteiger partial charge < -0.3 is 14.2 Å². The summed E-state index contributed by atoms with van der Waals surface area (Å²) in [6.07, 6.45) is 73.6. The van der Waals surface area contributed by atoms with Crippen LogP contribution in [0.3, 0.4) is 0 Å². The van der Waals surface area contributed by atoms with E-state index >= 15 is 0 Å². The lowest BCUT2D eigenvalue weighted by Crippen LogP contribution is -2.30. The maximum absolute atomic E-state index is 12.8. The summed E-state index contributed by atoms with van der Waals surface area (Å²) in [6, 6.07) is 0. The molecule has 0 aromatic rings. The molecule has 6 heteroatoms. The Kier molecular flexibility index (Phi) is 51.5. The summed E-state index contributed by atoms with van der Waals surface area (Å²) < 4.78 is 16.8. The summed E-state index contributed by atoms with van der Waals surface area (Å²) in [5.41, 5.74) is 0. The van der Waals surface area contributed by atoms with Crippen LogP contribution in [0.1, 0.15) is 239 Å². The van der Waals surface area contributed by atoms with Gasteiger partial charge in [0.2, 0.25) is 0 Å². The topological polar surface area (TPSA) is 78.9 Å². The molecule has 0 bridgehead atoms. The van der Waals surface area contributed by atoms with Crippen molar-refractivity contribution in [3.05, 3.63) is 109 Å². The maximum atomic E-state index is 12.8. The van der Waals surface area contributed by atoms with Crippen LogP contribution in [0.25, 0.3) is 0 Å². The molecule has 0 spiro atoms. The van der Waals surface area contributed by atoms with Crippen molar-refractivity contribution < 1.29 is 28.6 Å². The lowest BCUT2D eigenvalue weighted by atomic mass is 10.0. The van der Waals surface area contributed by atoms with E-state index in [2.05, 4.69) is 130 Å². The molecule has 0 radical (unpaired) electrons. The van der Waals surface area contributed by atoms with E-state index in [1.165, 1.54) is 77.0 Å². The summed E-state index contributed by atoms with van der Waals surface area (Å²) in [7, 11) is 0. The Bertz CT molecular complexity index is 1390. The molecule has 0 aromatic carbocycles. The average molecular weight is 929 g/mol. The van der Waals surface area contributed by atoms with Crippen molar-refractivity contribution in [2.45, 2.75) is 245 Å². The van der Waals surface area contributed by atoms with Gasteiger partial charge in [-0.3, -0.25) is 14.4 Å². The van der Waals surface area contributed by atoms with Gasteiger partial charge in [-0.15, -0.1) is 0 Å². The van der Waals surface area contributed by atoms with Gasteiger partial charge in [0, 0.05) is 19.3 Å². The lowest BCUT2D eigenvalue weighted by molar-refractivity contribution is -0.167. The van der Waals surface area contributed by atoms with Crippen molar-refractivity contribution in [2.24, 2.45) is 0 Å². The highest BCUT2D eigenvalue weighted by Crippen LogP contribution is 2.15. The molecular weight excluding hydrogens is 829 g/mol. The zero-order valence-electron chi connectivity index (χ0n) is 43.4. The van der Waals surface area contributed by atoms with Crippen LogP contribution < -0.4 is 0 Å². The van der Waals surface area contributed by atoms with E-state index in [1.54, 1.807) is 0 Å². The predicted octanol–water partition coefficient (Wildman–Crippen LogP) is 18.3. The number of hydrogen-bond acceptors (Lipinski definition) is 6. The number of allylic oxidation sites excluding steroid dienone is 18. The normalized spacial score (nSPS) is 12.9. The Morgan fingerprint density at radius 1 is 0.313 bits per heavy atom. The minimum Gasteiger partial charge on any atom is -0.462 e. The highest BCUT2D eigenvalue weighted by Gasteiger charge is 2.19. The summed E-state index contributed by atoms with van der Waals surface area (Å²) in [6.45, 7) is 6.35. The fourth-order valence-electron chi connectivity index (χ4n) is 7.22. The molecule has 0 amide bonds. The van der Waals surface area contributed by atoms with Crippen LogP contribution in [-0.4, -0.2) is 37.2 Å². The zero-order valence-corrected chi connectivity index (χ0v) is 43.4. The van der Waals surface area contributed by atoms with Gasteiger partial charge in [-0.2, -0.15) is 0 Å². The SMILES string of the molecule is CC/C=C\C/C=C\C/C=C\C/C=C\C/C=C\C/C=C\CCCCC(=O)OCC(COC(=O)CCCCC/C=C\C/C=C\C/C=C\CC)OC(=O)CCCCCCCCCCCCCCCCC. The molecule has 0 aromatic heterocycles. The third kappa shape index (κ3) is 52.9. The number of unbranched alkanes of at least 4 members (excludes halogenated alkanes) is 19. The lowest BCUT2D eigenvalue weighted by Gasteiger charge is -2.18. The van der Waals surface area contributed by atoms with Gasteiger partial charge in [0.05, 0.1) is 0 Å². The van der Waals surface area contributed by atoms with Crippen molar-refractivity contribution in [3.8, 4) is 0 Å². The minimum atomic E-state index is -0.808. The van der Waals surface area contributed by atoms with Crippen LogP contribution in [-0.2, 0) is 28.6 Å². The number of carbonyl (C=O) groups excluding carboxylic acids is 3. The highest BCUT2D eigenvalue weighted by molar-refractivity contribution is 5.71. The fraction of sp³-hybridized carbons (Fsp3) is 0.656. The van der Waals surface area contributed by atoms with Gasteiger partial charge in [-0.25, -0.2) is 0 Å². The van der Waals surface area contributed by atoms with Crippen molar-refractivity contribution in [1.29, 1.82) is 0 Å². The van der Waals surface area contributed by atoms with Crippen molar-refractivity contribution >= 4 is 17.9 Å². The van der Waals surface area contributed by atoms with E-state index in [0.29, 0.717) is 25.7 Å². The monoisotopic (exact) mass is 929 g/mol. The highest BCUT2D eigenvalue weighted by atomic mass is 16.6. The number of carbonyl (C=O) groups is 3.